The average molecular weight is 409 g/mol. The van der Waals surface area contributed by atoms with E-state index in [0.717, 1.165) is 12.8 Å². The second-order valence-corrected chi connectivity index (χ2v) is 7.37. The number of pyridine rings is 1. The molecule has 5 nitrogen and oxygen atoms in total. The highest BCUT2D eigenvalue weighted by molar-refractivity contribution is 6.43. The van der Waals surface area contributed by atoms with Gasteiger partial charge in [-0.05, 0) is 31.0 Å². The summed E-state index contributed by atoms with van der Waals surface area (Å²) in [4.78, 5) is 32.2. The van der Waals surface area contributed by atoms with Crippen LogP contribution in [0.4, 0.5) is 5.82 Å². The van der Waals surface area contributed by atoms with Crippen LogP contribution < -0.4 is 5.32 Å². The summed E-state index contributed by atoms with van der Waals surface area (Å²) in [6.07, 6.45) is 4.89. The summed E-state index contributed by atoms with van der Waals surface area (Å²) >= 11 is 18.3. The van der Waals surface area contributed by atoms with E-state index in [2.05, 4.69) is 15.3 Å². The minimum absolute atomic E-state index is 0.0507. The van der Waals surface area contributed by atoms with E-state index in [-0.39, 0.29) is 33.2 Å². The first kappa shape index (κ1) is 17.3. The van der Waals surface area contributed by atoms with E-state index in [9.17, 15) is 9.59 Å². The van der Waals surface area contributed by atoms with Crippen molar-refractivity contribution in [2.75, 3.05) is 5.32 Å². The van der Waals surface area contributed by atoms with Crippen molar-refractivity contribution in [2.24, 2.45) is 5.92 Å². The summed E-state index contributed by atoms with van der Waals surface area (Å²) in [5.74, 6) is 0.0476. The highest BCUT2D eigenvalue weighted by atomic mass is 35.5. The number of fused-ring (bicyclic) bond motifs is 1. The lowest BCUT2D eigenvalue weighted by Gasteiger charge is -2.07. The third kappa shape index (κ3) is 3.07. The zero-order valence-electron chi connectivity index (χ0n) is 13.3. The maximum absolute atomic E-state index is 13.0. The lowest BCUT2D eigenvalue weighted by atomic mass is 10.0. The molecule has 0 spiro atoms. The Morgan fingerprint density at radius 3 is 2.50 bits per heavy atom. The first-order chi connectivity index (χ1) is 12.5. The van der Waals surface area contributed by atoms with Crippen molar-refractivity contribution in [2.45, 2.75) is 12.8 Å². The van der Waals surface area contributed by atoms with E-state index in [1.807, 2.05) is 0 Å². The van der Waals surface area contributed by atoms with Crippen molar-refractivity contribution < 1.29 is 9.59 Å². The van der Waals surface area contributed by atoms with Gasteiger partial charge in [0.15, 0.2) is 11.6 Å². The van der Waals surface area contributed by atoms with Crippen molar-refractivity contribution in [3.63, 3.8) is 0 Å². The molecular formula is C18H12Cl3N3O2. The van der Waals surface area contributed by atoms with Gasteiger partial charge < -0.3 is 10.3 Å². The number of hydrogen-bond acceptors (Lipinski definition) is 3. The monoisotopic (exact) mass is 407 g/mol. The highest BCUT2D eigenvalue weighted by Crippen LogP contribution is 2.34. The molecule has 2 aromatic heterocycles. The molecule has 1 fully saturated rings. The number of ketones is 1. The molecule has 26 heavy (non-hydrogen) atoms. The molecule has 2 N–H and O–H groups in total. The molecule has 2 heterocycles. The summed E-state index contributed by atoms with van der Waals surface area (Å²) in [6.45, 7) is 0. The summed E-state index contributed by atoms with van der Waals surface area (Å²) in [6, 6.07) is 4.64. The first-order valence-corrected chi connectivity index (χ1v) is 9.05. The lowest BCUT2D eigenvalue weighted by Crippen LogP contribution is -2.14. The molecule has 0 radical (unpaired) electrons. The number of aromatic nitrogens is 2. The summed E-state index contributed by atoms with van der Waals surface area (Å²) in [5.41, 5.74) is 1.14. The number of anilines is 1. The van der Waals surface area contributed by atoms with E-state index >= 15 is 0 Å². The number of H-pyrrole nitrogens is 1. The molecule has 1 aromatic carbocycles. The van der Waals surface area contributed by atoms with Gasteiger partial charge in [0.25, 0.3) is 0 Å². The fourth-order valence-electron chi connectivity index (χ4n) is 2.80. The van der Waals surface area contributed by atoms with E-state index in [0.29, 0.717) is 27.3 Å². The molecule has 1 saturated carbocycles. The molecule has 0 aliphatic heterocycles. The average Bonchev–Trinajstić information content (AvgIpc) is 3.33. The van der Waals surface area contributed by atoms with Gasteiger partial charge in [-0.2, -0.15) is 0 Å². The van der Waals surface area contributed by atoms with Crippen LogP contribution >= 0.6 is 34.8 Å². The van der Waals surface area contributed by atoms with Crippen LogP contribution in [-0.2, 0) is 4.79 Å². The number of nitrogens with zero attached hydrogens (tertiary/aromatic N) is 1. The Morgan fingerprint density at radius 1 is 1.15 bits per heavy atom. The molecule has 4 rings (SSSR count). The summed E-state index contributed by atoms with van der Waals surface area (Å²) in [7, 11) is 0. The Hall–Kier alpha value is -2.08. The molecule has 1 aliphatic rings. The number of halogens is 3. The fourth-order valence-corrected chi connectivity index (χ4v) is 3.78. The quantitative estimate of drug-likeness (QED) is 0.590. The highest BCUT2D eigenvalue weighted by Gasteiger charge is 2.30. The van der Waals surface area contributed by atoms with Crippen LogP contribution in [0.2, 0.25) is 15.1 Å². The van der Waals surface area contributed by atoms with Crippen LogP contribution in [0.25, 0.3) is 10.9 Å². The number of carbonyl (C=O) groups excluding carboxylic acids is 2. The molecule has 1 aliphatic carbocycles. The molecule has 132 valence electrons. The predicted octanol–water partition coefficient (Wildman–Crippen LogP) is 5.10. The van der Waals surface area contributed by atoms with Crippen LogP contribution in [0, 0.1) is 5.92 Å². The molecule has 0 saturated heterocycles. The third-order valence-corrected chi connectivity index (χ3v) is 5.08. The van der Waals surface area contributed by atoms with Crippen molar-refractivity contribution in [3.8, 4) is 0 Å². The van der Waals surface area contributed by atoms with Crippen molar-refractivity contribution in [1.82, 2.24) is 9.97 Å². The number of carbonyl (C=O) groups is 2. The van der Waals surface area contributed by atoms with Gasteiger partial charge in [-0.1, -0.05) is 34.8 Å². The number of nitrogens with one attached hydrogen (secondary N) is 2. The van der Waals surface area contributed by atoms with Crippen molar-refractivity contribution >= 4 is 63.2 Å². The van der Waals surface area contributed by atoms with Crippen LogP contribution in [0.5, 0.6) is 0 Å². The minimum Gasteiger partial charge on any atom is -0.357 e. The first-order valence-electron chi connectivity index (χ1n) is 7.92. The van der Waals surface area contributed by atoms with E-state index in [1.54, 1.807) is 18.5 Å². The van der Waals surface area contributed by atoms with Gasteiger partial charge in [0.1, 0.15) is 0 Å². The zero-order valence-corrected chi connectivity index (χ0v) is 15.5. The Labute approximate surface area is 163 Å². The number of aromatic amines is 1. The Kier molecular flexibility index (Phi) is 4.39. The Morgan fingerprint density at radius 2 is 1.85 bits per heavy atom. The van der Waals surface area contributed by atoms with Crippen LogP contribution in [0.1, 0.15) is 28.8 Å². The second-order valence-electron chi connectivity index (χ2n) is 6.12. The van der Waals surface area contributed by atoms with Gasteiger partial charge in [0.05, 0.1) is 21.1 Å². The van der Waals surface area contributed by atoms with Gasteiger partial charge >= 0.3 is 0 Å². The number of benzene rings is 1. The standard InChI is InChI=1S/C18H12Cl3N3O2/c19-9-5-12(20)14(13(21)6-9)16(25)11-7-23-15-10(11)3-4-22-17(15)24-18(26)8-1-2-8/h3-8,23H,1-2H2,(H,22,24,26). The van der Waals surface area contributed by atoms with Crippen molar-refractivity contribution in [3.05, 3.63) is 56.8 Å². The van der Waals surface area contributed by atoms with E-state index in [4.69, 9.17) is 34.8 Å². The third-order valence-electron chi connectivity index (χ3n) is 4.27. The molecule has 0 unspecified atom stereocenters. The normalized spacial score (nSPS) is 13.8. The minimum atomic E-state index is -0.339. The summed E-state index contributed by atoms with van der Waals surface area (Å²) < 4.78 is 0. The van der Waals surface area contributed by atoms with Gasteiger partial charge in [0.2, 0.25) is 5.91 Å². The number of hydrogen-bond donors (Lipinski definition) is 2. The SMILES string of the molecule is O=C(c1c(Cl)cc(Cl)cc1Cl)c1c[nH]c2c(NC(=O)C3CC3)nccc12. The van der Waals surface area contributed by atoms with Crippen LogP contribution in [0.15, 0.2) is 30.6 Å². The Bertz CT molecular complexity index is 1030. The van der Waals surface area contributed by atoms with Crippen LogP contribution in [0.3, 0.4) is 0 Å². The lowest BCUT2D eigenvalue weighted by molar-refractivity contribution is -0.117. The van der Waals surface area contributed by atoms with Gasteiger partial charge in [-0.3, -0.25) is 9.59 Å². The number of amides is 1. The smallest absolute Gasteiger partial charge is 0.228 e. The summed E-state index contributed by atoms with van der Waals surface area (Å²) in [5, 5.41) is 4.14. The maximum Gasteiger partial charge on any atom is 0.228 e. The van der Waals surface area contributed by atoms with Gasteiger partial charge in [0, 0.05) is 34.3 Å². The topological polar surface area (TPSA) is 74.8 Å². The Balaban J connectivity index is 1.76. The second kappa shape index (κ2) is 6.58. The number of rotatable bonds is 4. The van der Waals surface area contributed by atoms with Crippen LogP contribution in [-0.4, -0.2) is 21.7 Å². The molecule has 3 aromatic rings. The van der Waals surface area contributed by atoms with Crippen molar-refractivity contribution in [1.29, 1.82) is 0 Å². The fraction of sp³-hybridized carbons (Fsp3) is 0.167. The molecule has 1 amide bonds. The van der Waals surface area contributed by atoms with Gasteiger partial charge in [-0.15, -0.1) is 0 Å². The molecular weight excluding hydrogens is 397 g/mol. The predicted molar refractivity (Wildman–Crippen MR) is 102 cm³/mol. The molecule has 0 bridgehead atoms. The van der Waals surface area contributed by atoms with E-state index < -0.39 is 0 Å². The molecule has 0 atom stereocenters. The van der Waals surface area contributed by atoms with E-state index in [1.165, 1.54) is 12.1 Å². The molecule has 8 heteroatoms. The van der Waals surface area contributed by atoms with Gasteiger partial charge in [-0.25, -0.2) is 4.98 Å². The largest absolute Gasteiger partial charge is 0.357 e. The zero-order chi connectivity index (χ0) is 18.4. The maximum atomic E-state index is 13.0.